The molecule has 0 aliphatic rings. The normalized spacial score (nSPS) is 12.2. The van der Waals surface area contributed by atoms with Crippen molar-refractivity contribution in [1.82, 2.24) is 40.0 Å². The van der Waals surface area contributed by atoms with Crippen LogP contribution in [0.2, 0.25) is 0 Å². The van der Waals surface area contributed by atoms with Gasteiger partial charge in [-0.15, -0.1) is 30.3 Å². The van der Waals surface area contributed by atoms with Crippen LogP contribution in [-0.2, 0) is 6.18 Å². The SMILES string of the molecule is CC(C)c1ccc(-c2nnn(-c3ccc4nnc(C(F)(F)F)n4n3)n2)cc1. The quantitative estimate of drug-likeness (QED) is 0.548. The van der Waals surface area contributed by atoms with E-state index in [1.807, 2.05) is 24.3 Å². The smallest absolute Gasteiger partial charge is 0.187 e. The lowest BCUT2D eigenvalue weighted by Crippen LogP contribution is -2.14. The Balaban J connectivity index is 1.70. The Kier molecular flexibility index (Phi) is 3.86. The van der Waals surface area contributed by atoms with Gasteiger partial charge in [-0.25, -0.2) is 0 Å². The lowest BCUT2D eigenvalue weighted by Gasteiger charge is -2.05. The number of halogens is 3. The molecule has 0 atom stereocenters. The number of rotatable bonds is 3. The molecule has 4 aromatic rings. The molecule has 0 amide bonds. The summed E-state index contributed by atoms with van der Waals surface area (Å²) >= 11 is 0. The molecule has 4 rings (SSSR count). The minimum atomic E-state index is -4.68. The number of nitrogens with zero attached hydrogens (tertiary/aromatic N) is 8. The second kappa shape index (κ2) is 6.11. The van der Waals surface area contributed by atoms with E-state index in [2.05, 4.69) is 44.6 Å². The van der Waals surface area contributed by atoms with Gasteiger partial charge in [0.1, 0.15) is 0 Å². The third-order valence-corrected chi connectivity index (χ3v) is 3.96. The average molecular weight is 374 g/mol. The van der Waals surface area contributed by atoms with E-state index in [0.717, 1.165) is 10.4 Å². The highest BCUT2D eigenvalue weighted by Crippen LogP contribution is 2.27. The van der Waals surface area contributed by atoms with Gasteiger partial charge >= 0.3 is 6.18 Å². The molecular formula is C16H13F3N8. The summed E-state index contributed by atoms with van der Waals surface area (Å²) in [6, 6.07) is 10.5. The monoisotopic (exact) mass is 374 g/mol. The average Bonchev–Trinajstić information content (AvgIpc) is 3.28. The lowest BCUT2D eigenvalue weighted by molar-refractivity contribution is -0.146. The summed E-state index contributed by atoms with van der Waals surface area (Å²) in [5.74, 6) is -0.424. The summed E-state index contributed by atoms with van der Waals surface area (Å²) in [7, 11) is 0. The van der Waals surface area contributed by atoms with E-state index in [1.54, 1.807) is 0 Å². The van der Waals surface area contributed by atoms with Crippen molar-refractivity contribution < 1.29 is 13.2 Å². The van der Waals surface area contributed by atoms with Crippen LogP contribution in [0.1, 0.15) is 31.2 Å². The topological polar surface area (TPSA) is 86.7 Å². The van der Waals surface area contributed by atoms with Crippen LogP contribution in [0.15, 0.2) is 36.4 Å². The summed E-state index contributed by atoms with van der Waals surface area (Å²) < 4.78 is 39.6. The summed E-state index contributed by atoms with van der Waals surface area (Å²) in [4.78, 5) is 1.06. The van der Waals surface area contributed by atoms with Crippen molar-refractivity contribution in [2.24, 2.45) is 0 Å². The van der Waals surface area contributed by atoms with Crippen molar-refractivity contribution >= 4 is 5.65 Å². The van der Waals surface area contributed by atoms with Crippen molar-refractivity contribution in [3.63, 3.8) is 0 Å². The van der Waals surface area contributed by atoms with E-state index in [1.165, 1.54) is 17.7 Å². The maximum atomic E-state index is 13.0. The molecule has 8 nitrogen and oxygen atoms in total. The number of alkyl halides is 3. The second-order valence-electron chi connectivity index (χ2n) is 6.16. The van der Waals surface area contributed by atoms with Crippen molar-refractivity contribution in [2.45, 2.75) is 25.9 Å². The van der Waals surface area contributed by atoms with Crippen LogP contribution in [0.5, 0.6) is 0 Å². The van der Waals surface area contributed by atoms with Gasteiger partial charge < -0.3 is 0 Å². The first-order chi connectivity index (χ1) is 12.8. The summed E-state index contributed by atoms with van der Waals surface area (Å²) in [6.07, 6.45) is -4.68. The van der Waals surface area contributed by atoms with Crippen LogP contribution in [0.25, 0.3) is 22.9 Å². The Bertz CT molecular complexity index is 1100. The number of benzene rings is 1. The predicted octanol–water partition coefficient (Wildman–Crippen LogP) is 2.91. The zero-order chi connectivity index (χ0) is 19.2. The van der Waals surface area contributed by atoms with Gasteiger partial charge in [-0.1, -0.05) is 38.1 Å². The first-order valence-corrected chi connectivity index (χ1v) is 8.03. The standard InChI is InChI=1S/C16H13F3N8/c1-9(2)10-3-5-11(6-4-10)14-21-25-27(24-14)13-8-7-12-20-22-15(16(17,18)19)26(12)23-13/h3-9H,1-2H3. The van der Waals surface area contributed by atoms with Gasteiger partial charge in [0.05, 0.1) is 0 Å². The van der Waals surface area contributed by atoms with Gasteiger partial charge in [0.25, 0.3) is 5.82 Å². The highest BCUT2D eigenvalue weighted by Gasteiger charge is 2.37. The molecular weight excluding hydrogens is 361 g/mol. The van der Waals surface area contributed by atoms with Crippen LogP contribution in [-0.4, -0.2) is 40.0 Å². The number of aromatic nitrogens is 8. The summed E-state index contributed by atoms with van der Waals surface area (Å²) in [6.45, 7) is 4.18. The molecule has 1 aromatic carbocycles. The molecule has 3 heterocycles. The molecule has 0 radical (unpaired) electrons. The van der Waals surface area contributed by atoms with Crippen LogP contribution in [0.4, 0.5) is 13.2 Å². The summed E-state index contributed by atoms with van der Waals surface area (Å²) in [5, 5.41) is 22.5. The fourth-order valence-electron chi connectivity index (χ4n) is 2.51. The first-order valence-electron chi connectivity index (χ1n) is 8.03. The van der Waals surface area contributed by atoms with Crippen molar-refractivity contribution in [1.29, 1.82) is 0 Å². The zero-order valence-electron chi connectivity index (χ0n) is 14.3. The van der Waals surface area contributed by atoms with Crippen molar-refractivity contribution in [3.8, 4) is 17.2 Å². The summed E-state index contributed by atoms with van der Waals surface area (Å²) in [5.41, 5.74) is 1.88. The lowest BCUT2D eigenvalue weighted by atomic mass is 10.0. The van der Waals surface area contributed by atoms with E-state index < -0.39 is 12.0 Å². The van der Waals surface area contributed by atoms with E-state index >= 15 is 0 Å². The minimum Gasteiger partial charge on any atom is -0.187 e. The molecule has 3 aromatic heterocycles. The number of fused-ring (bicyclic) bond motifs is 1. The predicted molar refractivity (Wildman–Crippen MR) is 88.0 cm³/mol. The highest BCUT2D eigenvalue weighted by molar-refractivity contribution is 5.54. The molecule has 0 spiro atoms. The van der Waals surface area contributed by atoms with Crippen molar-refractivity contribution in [2.75, 3.05) is 0 Å². The van der Waals surface area contributed by atoms with Gasteiger partial charge in [0.2, 0.25) is 5.82 Å². The molecule has 0 N–H and O–H groups in total. The molecule has 0 saturated heterocycles. The van der Waals surface area contributed by atoms with Crippen LogP contribution in [0, 0.1) is 0 Å². The van der Waals surface area contributed by atoms with E-state index in [-0.39, 0.29) is 11.5 Å². The molecule has 0 unspecified atom stereocenters. The van der Waals surface area contributed by atoms with Gasteiger partial charge in [-0.2, -0.15) is 17.7 Å². The number of hydrogen-bond donors (Lipinski definition) is 0. The number of hydrogen-bond acceptors (Lipinski definition) is 6. The molecule has 0 saturated carbocycles. The Labute approximate surface area is 150 Å². The largest absolute Gasteiger partial charge is 0.453 e. The minimum absolute atomic E-state index is 0.0318. The van der Waals surface area contributed by atoms with E-state index in [9.17, 15) is 13.2 Å². The highest BCUT2D eigenvalue weighted by atomic mass is 19.4. The third-order valence-electron chi connectivity index (χ3n) is 3.96. The van der Waals surface area contributed by atoms with Crippen molar-refractivity contribution in [3.05, 3.63) is 47.8 Å². The van der Waals surface area contributed by atoms with Crippen LogP contribution >= 0.6 is 0 Å². The van der Waals surface area contributed by atoms with Crippen LogP contribution in [0.3, 0.4) is 0 Å². The first kappa shape index (κ1) is 17.1. The van der Waals surface area contributed by atoms with Gasteiger partial charge in [-0.3, -0.25) is 0 Å². The van der Waals surface area contributed by atoms with E-state index in [4.69, 9.17) is 0 Å². The Hall–Kier alpha value is -3.37. The maximum Gasteiger partial charge on any atom is 0.453 e. The molecule has 138 valence electrons. The van der Waals surface area contributed by atoms with Gasteiger partial charge in [0.15, 0.2) is 11.5 Å². The van der Waals surface area contributed by atoms with Crippen LogP contribution < -0.4 is 0 Å². The Morgan fingerprint density at radius 3 is 2.30 bits per heavy atom. The Morgan fingerprint density at radius 1 is 0.889 bits per heavy atom. The third kappa shape index (κ3) is 3.11. The van der Waals surface area contributed by atoms with Gasteiger partial charge in [-0.05, 0) is 28.8 Å². The van der Waals surface area contributed by atoms with E-state index in [0.29, 0.717) is 16.3 Å². The maximum absolute atomic E-state index is 13.0. The molecule has 0 aliphatic heterocycles. The molecule has 11 heteroatoms. The van der Waals surface area contributed by atoms with Gasteiger partial charge in [0, 0.05) is 5.56 Å². The molecule has 0 aliphatic carbocycles. The Morgan fingerprint density at radius 2 is 1.63 bits per heavy atom. The zero-order valence-corrected chi connectivity index (χ0v) is 14.3. The second-order valence-corrected chi connectivity index (χ2v) is 6.16. The fraction of sp³-hybridized carbons (Fsp3) is 0.250. The molecule has 0 bridgehead atoms. The fourth-order valence-corrected chi connectivity index (χ4v) is 2.51. The number of tetrazole rings is 1. The molecule has 27 heavy (non-hydrogen) atoms. The molecule has 0 fully saturated rings.